The summed E-state index contributed by atoms with van der Waals surface area (Å²) in [6.45, 7) is 1.13. The number of ether oxygens (including phenoxy) is 1. The number of nitrogens with zero attached hydrogens (tertiary/aromatic N) is 3. The molecule has 4 rings (SSSR count). The zero-order chi connectivity index (χ0) is 17.4. The maximum atomic E-state index is 12.8. The van der Waals surface area contributed by atoms with Gasteiger partial charge in [-0.05, 0) is 18.9 Å². The van der Waals surface area contributed by atoms with Crippen molar-refractivity contribution in [2.24, 2.45) is 7.05 Å². The third-order valence-electron chi connectivity index (χ3n) is 4.75. The SMILES string of the molecule is Cn1c2ccccc2c2cnn(CC(=O)NC[C@H]3CCCO3)c(=O)c21. The zero-order valence-corrected chi connectivity index (χ0v) is 14.1. The van der Waals surface area contributed by atoms with Crippen LogP contribution in [-0.4, -0.2) is 39.5 Å². The molecule has 0 bridgehead atoms. The second-order valence-corrected chi connectivity index (χ2v) is 6.38. The van der Waals surface area contributed by atoms with Crippen LogP contribution in [0.25, 0.3) is 21.8 Å². The minimum Gasteiger partial charge on any atom is -0.376 e. The Morgan fingerprint density at radius 1 is 1.36 bits per heavy atom. The first-order valence-electron chi connectivity index (χ1n) is 8.46. The van der Waals surface area contributed by atoms with Crippen molar-refractivity contribution in [3.05, 3.63) is 40.8 Å². The highest BCUT2D eigenvalue weighted by molar-refractivity contribution is 6.07. The van der Waals surface area contributed by atoms with Crippen molar-refractivity contribution in [1.29, 1.82) is 0 Å². The van der Waals surface area contributed by atoms with Crippen molar-refractivity contribution < 1.29 is 9.53 Å². The second kappa shape index (κ2) is 6.33. The van der Waals surface area contributed by atoms with E-state index in [2.05, 4.69) is 10.4 Å². The fourth-order valence-corrected chi connectivity index (χ4v) is 3.45. The van der Waals surface area contributed by atoms with Gasteiger partial charge in [-0.2, -0.15) is 5.10 Å². The second-order valence-electron chi connectivity index (χ2n) is 6.38. The maximum Gasteiger partial charge on any atom is 0.291 e. The van der Waals surface area contributed by atoms with Gasteiger partial charge in [0.1, 0.15) is 12.1 Å². The van der Waals surface area contributed by atoms with Crippen molar-refractivity contribution >= 4 is 27.7 Å². The fourth-order valence-electron chi connectivity index (χ4n) is 3.45. The largest absolute Gasteiger partial charge is 0.376 e. The summed E-state index contributed by atoms with van der Waals surface area (Å²) in [5, 5.41) is 8.80. The average molecular weight is 340 g/mol. The molecule has 1 aromatic carbocycles. The van der Waals surface area contributed by atoms with E-state index in [-0.39, 0.29) is 24.1 Å². The van der Waals surface area contributed by atoms with Gasteiger partial charge in [0.15, 0.2) is 0 Å². The predicted octanol–water partition coefficient (Wildman–Crippen LogP) is 1.18. The molecule has 1 atom stereocenters. The van der Waals surface area contributed by atoms with Gasteiger partial charge in [-0.15, -0.1) is 0 Å². The normalized spacial score (nSPS) is 17.4. The number of aromatic nitrogens is 3. The summed E-state index contributed by atoms with van der Waals surface area (Å²) in [5.74, 6) is -0.233. The molecule has 0 saturated carbocycles. The summed E-state index contributed by atoms with van der Waals surface area (Å²) in [6.07, 6.45) is 3.72. The number of benzene rings is 1. The number of nitrogens with one attached hydrogen (secondary N) is 1. The summed E-state index contributed by atoms with van der Waals surface area (Å²) >= 11 is 0. The number of hydrogen-bond acceptors (Lipinski definition) is 4. The first-order chi connectivity index (χ1) is 12.1. The number of carbonyl (C=O) groups is 1. The van der Waals surface area contributed by atoms with Gasteiger partial charge in [0.05, 0.1) is 12.3 Å². The van der Waals surface area contributed by atoms with Crippen LogP contribution in [0, 0.1) is 0 Å². The van der Waals surface area contributed by atoms with Gasteiger partial charge in [-0.25, -0.2) is 4.68 Å². The van der Waals surface area contributed by atoms with Crippen molar-refractivity contribution in [2.45, 2.75) is 25.5 Å². The molecular formula is C18H20N4O3. The summed E-state index contributed by atoms with van der Waals surface area (Å²) in [6, 6.07) is 7.81. The number of fused-ring (bicyclic) bond motifs is 3. The van der Waals surface area contributed by atoms with E-state index in [4.69, 9.17) is 4.74 Å². The van der Waals surface area contributed by atoms with Crippen LogP contribution >= 0.6 is 0 Å². The topological polar surface area (TPSA) is 78.2 Å². The lowest BCUT2D eigenvalue weighted by Crippen LogP contribution is -2.37. The Kier molecular flexibility index (Phi) is 4.01. The fraction of sp³-hybridized carbons (Fsp3) is 0.389. The molecule has 130 valence electrons. The molecule has 2 aromatic heterocycles. The Morgan fingerprint density at radius 2 is 2.20 bits per heavy atom. The summed E-state index contributed by atoms with van der Waals surface area (Å²) < 4.78 is 8.55. The van der Waals surface area contributed by atoms with Crippen molar-refractivity contribution in [3.8, 4) is 0 Å². The number of hydrogen-bond donors (Lipinski definition) is 1. The Labute approximate surface area is 144 Å². The average Bonchev–Trinajstić information content (AvgIpc) is 3.23. The van der Waals surface area contributed by atoms with E-state index in [0.717, 1.165) is 35.7 Å². The molecule has 1 amide bonds. The third kappa shape index (κ3) is 2.80. The monoisotopic (exact) mass is 340 g/mol. The van der Waals surface area contributed by atoms with E-state index in [1.807, 2.05) is 35.9 Å². The molecule has 0 radical (unpaired) electrons. The number of aryl methyl sites for hydroxylation is 1. The van der Waals surface area contributed by atoms with Gasteiger partial charge in [-0.3, -0.25) is 9.59 Å². The standard InChI is InChI=1S/C18H20N4O3/c1-21-15-7-3-2-6-13(15)14-10-20-22(18(24)17(14)21)11-16(23)19-9-12-5-4-8-25-12/h2-3,6-7,10,12H,4-5,8-9,11H2,1H3,(H,19,23)/t12-/m1/s1. The van der Waals surface area contributed by atoms with Crippen molar-refractivity contribution in [1.82, 2.24) is 19.7 Å². The van der Waals surface area contributed by atoms with Crippen molar-refractivity contribution in [2.75, 3.05) is 13.2 Å². The minimum atomic E-state index is -0.261. The third-order valence-corrected chi connectivity index (χ3v) is 4.75. The smallest absolute Gasteiger partial charge is 0.291 e. The Bertz CT molecular complexity index is 999. The number of para-hydroxylation sites is 1. The van der Waals surface area contributed by atoms with E-state index in [1.54, 1.807) is 6.20 Å². The Morgan fingerprint density at radius 3 is 3.00 bits per heavy atom. The van der Waals surface area contributed by atoms with Crippen LogP contribution < -0.4 is 10.9 Å². The number of amides is 1. The highest BCUT2D eigenvalue weighted by Gasteiger charge is 2.18. The van der Waals surface area contributed by atoms with Gasteiger partial charge >= 0.3 is 0 Å². The lowest BCUT2D eigenvalue weighted by Gasteiger charge is -2.11. The molecule has 1 aliphatic heterocycles. The molecule has 1 saturated heterocycles. The lowest BCUT2D eigenvalue weighted by molar-refractivity contribution is -0.122. The molecule has 25 heavy (non-hydrogen) atoms. The Hall–Kier alpha value is -2.67. The predicted molar refractivity (Wildman–Crippen MR) is 94.5 cm³/mol. The van der Waals surface area contributed by atoms with Crippen LogP contribution in [0.15, 0.2) is 35.3 Å². The quantitative estimate of drug-likeness (QED) is 0.774. The van der Waals surface area contributed by atoms with Gasteiger partial charge in [0.25, 0.3) is 5.56 Å². The minimum absolute atomic E-state index is 0.0780. The molecule has 3 heterocycles. The first kappa shape index (κ1) is 15.8. The van der Waals surface area contributed by atoms with Gasteiger partial charge in [0, 0.05) is 36.5 Å². The molecular weight excluding hydrogens is 320 g/mol. The van der Waals surface area contributed by atoms with Crippen LogP contribution in [0.2, 0.25) is 0 Å². The van der Waals surface area contributed by atoms with Gasteiger partial charge in [-0.1, -0.05) is 18.2 Å². The van der Waals surface area contributed by atoms with E-state index < -0.39 is 0 Å². The molecule has 1 N–H and O–H groups in total. The van der Waals surface area contributed by atoms with E-state index in [0.29, 0.717) is 12.1 Å². The molecule has 0 spiro atoms. The molecule has 3 aromatic rings. The lowest BCUT2D eigenvalue weighted by atomic mass is 10.2. The molecule has 1 fully saturated rings. The number of carbonyl (C=O) groups excluding carboxylic acids is 1. The molecule has 7 heteroatoms. The molecule has 1 aliphatic rings. The van der Waals surface area contributed by atoms with E-state index in [9.17, 15) is 9.59 Å². The summed E-state index contributed by atoms with van der Waals surface area (Å²) in [4.78, 5) is 24.9. The van der Waals surface area contributed by atoms with Crippen LogP contribution in [-0.2, 0) is 23.1 Å². The zero-order valence-electron chi connectivity index (χ0n) is 14.1. The van der Waals surface area contributed by atoms with E-state index >= 15 is 0 Å². The van der Waals surface area contributed by atoms with Crippen LogP contribution in [0.1, 0.15) is 12.8 Å². The molecule has 0 aliphatic carbocycles. The van der Waals surface area contributed by atoms with Gasteiger partial charge < -0.3 is 14.6 Å². The number of rotatable bonds is 4. The highest BCUT2D eigenvalue weighted by Crippen LogP contribution is 2.24. The Balaban J connectivity index is 1.61. The molecule has 0 unspecified atom stereocenters. The van der Waals surface area contributed by atoms with Crippen molar-refractivity contribution in [3.63, 3.8) is 0 Å². The highest BCUT2D eigenvalue weighted by atomic mass is 16.5. The van der Waals surface area contributed by atoms with Gasteiger partial charge in [0.2, 0.25) is 5.91 Å². The van der Waals surface area contributed by atoms with Crippen LogP contribution in [0.5, 0.6) is 0 Å². The molecule has 7 nitrogen and oxygen atoms in total. The maximum absolute atomic E-state index is 12.8. The summed E-state index contributed by atoms with van der Waals surface area (Å²) in [7, 11) is 1.86. The first-order valence-corrected chi connectivity index (χ1v) is 8.46. The van der Waals surface area contributed by atoms with E-state index in [1.165, 1.54) is 4.68 Å². The van der Waals surface area contributed by atoms with Crippen LogP contribution in [0.4, 0.5) is 0 Å². The summed E-state index contributed by atoms with van der Waals surface area (Å²) in [5.41, 5.74) is 1.27. The van der Waals surface area contributed by atoms with Crippen LogP contribution in [0.3, 0.4) is 0 Å².